The predicted octanol–water partition coefficient (Wildman–Crippen LogP) is 4.48. The first-order chi connectivity index (χ1) is 10.0. The van der Waals surface area contributed by atoms with Crippen molar-refractivity contribution in [2.45, 2.75) is 51.2 Å². The Balaban J connectivity index is 2.33. The molecular formula is C16H24Cl2N2O. The summed E-state index contributed by atoms with van der Waals surface area (Å²) in [5.74, 6) is 6.61. The molecule has 1 aromatic rings. The zero-order valence-corrected chi connectivity index (χ0v) is 14.2. The third kappa shape index (κ3) is 3.72. The Labute approximate surface area is 137 Å². The molecule has 0 radical (unpaired) electrons. The van der Waals surface area contributed by atoms with E-state index in [1.54, 1.807) is 0 Å². The lowest BCUT2D eigenvalue weighted by Crippen LogP contribution is -2.50. The van der Waals surface area contributed by atoms with Crippen LogP contribution in [0.1, 0.15) is 51.1 Å². The number of ether oxygens (including phenoxy) is 1. The van der Waals surface area contributed by atoms with Gasteiger partial charge in [0.1, 0.15) is 0 Å². The zero-order valence-electron chi connectivity index (χ0n) is 12.7. The highest BCUT2D eigenvalue weighted by atomic mass is 35.5. The molecule has 1 saturated carbocycles. The van der Waals surface area contributed by atoms with E-state index in [2.05, 4.69) is 12.3 Å². The van der Waals surface area contributed by atoms with Gasteiger partial charge in [0.05, 0.1) is 21.7 Å². The molecule has 0 aliphatic heterocycles. The molecular weight excluding hydrogens is 307 g/mol. The number of benzene rings is 1. The monoisotopic (exact) mass is 330 g/mol. The van der Waals surface area contributed by atoms with Crippen LogP contribution < -0.4 is 11.3 Å². The fourth-order valence-electron chi connectivity index (χ4n) is 3.30. The van der Waals surface area contributed by atoms with Gasteiger partial charge in [-0.2, -0.15) is 0 Å². The zero-order chi connectivity index (χ0) is 15.5. The lowest BCUT2D eigenvalue weighted by molar-refractivity contribution is -0.0976. The van der Waals surface area contributed by atoms with Crippen LogP contribution in [0.25, 0.3) is 0 Å². The molecule has 1 aromatic carbocycles. The molecule has 118 valence electrons. The van der Waals surface area contributed by atoms with E-state index in [4.69, 9.17) is 33.8 Å². The normalized spacial score (nSPS) is 27.6. The van der Waals surface area contributed by atoms with Gasteiger partial charge in [0, 0.05) is 6.61 Å². The average molecular weight is 331 g/mol. The second-order valence-electron chi connectivity index (χ2n) is 5.95. The smallest absolute Gasteiger partial charge is 0.0889 e. The van der Waals surface area contributed by atoms with Crippen LogP contribution in [-0.2, 0) is 4.74 Å². The Morgan fingerprint density at radius 1 is 1.33 bits per heavy atom. The van der Waals surface area contributed by atoms with Crippen molar-refractivity contribution in [1.29, 1.82) is 0 Å². The highest BCUT2D eigenvalue weighted by molar-refractivity contribution is 6.42. The number of rotatable bonds is 5. The summed E-state index contributed by atoms with van der Waals surface area (Å²) in [5, 5.41) is 1.10. The van der Waals surface area contributed by atoms with E-state index in [1.807, 2.05) is 25.1 Å². The van der Waals surface area contributed by atoms with Gasteiger partial charge < -0.3 is 4.74 Å². The molecule has 0 saturated heterocycles. The quantitative estimate of drug-likeness (QED) is 0.618. The second-order valence-corrected chi connectivity index (χ2v) is 6.77. The minimum atomic E-state index is -0.271. The van der Waals surface area contributed by atoms with Crippen LogP contribution in [-0.4, -0.2) is 12.2 Å². The molecule has 0 heterocycles. The van der Waals surface area contributed by atoms with Crippen molar-refractivity contribution in [3.05, 3.63) is 33.8 Å². The first kappa shape index (κ1) is 17.0. The van der Waals surface area contributed by atoms with Crippen molar-refractivity contribution in [3.8, 4) is 0 Å². The van der Waals surface area contributed by atoms with Gasteiger partial charge in [-0.3, -0.25) is 11.3 Å². The molecule has 1 atom stereocenters. The van der Waals surface area contributed by atoms with E-state index in [9.17, 15) is 0 Å². The summed E-state index contributed by atoms with van der Waals surface area (Å²) in [5.41, 5.74) is 3.70. The molecule has 3 nitrogen and oxygen atoms in total. The third-order valence-corrected chi connectivity index (χ3v) is 5.26. The molecule has 0 spiro atoms. The summed E-state index contributed by atoms with van der Waals surface area (Å²) < 4.78 is 6.18. The molecule has 1 aliphatic rings. The van der Waals surface area contributed by atoms with Gasteiger partial charge in [0.25, 0.3) is 0 Å². The lowest BCUT2D eigenvalue weighted by Gasteiger charge is -2.44. The van der Waals surface area contributed by atoms with E-state index in [0.717, 1.165) is 37.2 Å². The van der Waals surface area contributed by atoms with E-state index >= 15 is 0 Å². The third-order valence-electron chi connectivity index (χ3n) is 4.52. The van der Waals surface area contributed by atoms with Crippen molar-refractivity contribution < 1.29 is 4.74 Å². The summed E-state index contributed by atoms with van der Waals surface area (Å²) in [6.45, 7) is 5.00. The summed E-state index contributed by atoms with van der Waals surface area (Å²) in [7, 11) is 0. The van der Waals surface area contributed by atoms with Crippen LogP contribution in [0.2, 0.25) is 10.0 Å². The van der Waals surface area contributed by atoms with Crippen molar-refractivity contribution in [2.24, 2.45) is 11.8 Å². The Morgan fingerprint density at radius 2 is 2.00 bits per heavy atom. The maximum atomic E-state index is 6.18. The van der Waals surface area contributed by atoms with E-state index in [0.29, 0.717) is 16.7 Å². The average Bonchev–Trinajstić information content (AvgIpc) is 2.47. The highest BCUT2D eigenvalue weighted by Gasteiger charge is 2.42. The molecule has 2 rings (SSSR count). The van der Waals surface area contributed by atoms with Gasteiger partial charge in [-0.05, 0) is 56.2 Å². The van der Waals surface area contributed by atoms with Crippen molar-refractivity contribution in [1.82, 2.24) is 5.43 Å². The van der Waals surface area contributed by atoms with Crippen molar-refractivity contribution in [3.63, 3.8) is 0 Å². The summed E-state index contributed by atoms with van der Waals surface area (Å²) in [6, 6.07) is 5.58. The predicted molar refractivity (Wildman–Crippen MR) is 88.5 cm³/mol. The Morgan fingerprint density at radius 3 is 2.52 bits per heavy atom. The number of halogens is 2. The van der Waals surface area contributed by atoms with Crippen LogP contribution in [0.3, 0.4) is 0 Å². The maximum absolute atomic E-state index is 6.18. The van der Waals surface area contributed by atoms with Crippen molar-refractivity contribution >= 4 is 23.2 Å². The Kier molecular flexibility index (Phi) is 5.92. The molecule has 21 heavy (non-hydrogen) atoms. The fraction of sp³-hybridized carbons (Fsp3) is 0.625. The Hall–Kier alpha value is -0.320. The van der Waals surface area contributed by atoms with Gasteiger partial charge >= 0.3 is 0 Å². The molecule has 3 N–H and O–H groups in total. The van der Waals surface area contributed by atoms with Gasteiger partial charge in [-0.25, -0.2) is 0 Å². The maximum Gasteiger partial charge on any atom is 0.0889 e. The van der Waals surface area contributed by atoms with E-state index < -0.39 is 0 Å². The highest BCUT2D eigenvalue weighted by Crippen LogP contribution is 2.43. The van der Waals surface area contributed by atoms with Crippen LogP contribution in [0.4, 0.5) is 0 Å². The van der Waals surface area contributed by atoms with Gasteiger partial charge in [-0.15, -0.1) is 0 Å². The Bertz CT molecular complexity index is 473. The van der Waals surface area contributed by atoms with Crippen LogP contribution in [0, 0.1) is 5.92 Å². The van der Waals surface area contributed by atoms with E-state index in [-0.39, 0.29) is 11.6 Å². The molecule has 0 aromatic heterocycles. The number of hydrogen-bond acceptors (Lipinski definition) is 3. The standard InChI is InChI=1S/C16H24Cl2N2O/c1-3-21-16(8-6-11(2)7-9-16)15(20-19)12-4-5-13(17)14(18)10-12/h4-5,10-11,15,20H,3,6-9,19H2,1-2H3. The van der Waals surface area contributed by atoms with Gasteiger partial charge in [0.15, 0.2) is 0 Å². The van der Waals surface area contributed by atoms with Gasteiger partial charge in [-0.1, -0.05) is 36.2 Å². The second kappa shape index (κ2) is 7.30. The number of nitrogens with two attached hydrogens (primary N) is 1. The first-order valence-electron chi connectivity index (χ1n) is 7.57. The molecule has 0 amide bonds. The topological polar surface area (TPSA) is 47.3 Å². The molecule has 1 unspecified atom stereocenters. The SMILES string of the molecule is CCOC1(C(NN)c2ccc(Cl)c(Cl)c2)CCC(C)CC1. The molecule has 0 bridgehead atoms. The number of nitrogens with one attached hydrogen (secondary N) is 1. The van der Waals surface area contributed by atoms with Crippen LogP contribution in [0.15, 0.2) is 18.2 Å². The van der Waals surface area contributed by atoms with Crippen LogP contribution >= 0.6 is 23.2 Å². The number of hydrazine groups is 1. The van der Waals surface area contributed by atoms with E-state index in [1.165, 1.54) is 0 Å². The van der Waals surface area contributed by atoms with Crippen LogP contribution in [0.5, 0.6) is 0 Å². The summed E-state index contributed by atoms with van der Waals surface area (Å²) >= 11 is 12.2. The molecule has 5 heteroatoms. The molecule has 1 aliphatic carbocycles. The first-order valence-corrected chi connectivity index (χ1v) is 8.33. The fourth-order valence-corrected chi connectivity index (χ4v) is 3.60. The summed E-state index contributed by atoms with van der Waals surface area (Å²) in [4.78, 5) is 0. The van der Waals surface area contributed by atoms with Gasteiger partial charge in [0.2, 0.25) is 0 Å². The minimum Gasteiger partial charge on any atom is -0.373 e. The number of hydrogen-bond donors (Lipinski definition) is 2. The summed E-state index contributed by atoms with van der Waals surface area (Å²) in [6.07, 6.45) is 4.30. The lowest BCUT2D eigenvalue weighted by atomic mass is 9.73. The van der Waals surface area contributed by atoms with Crippen molar-refractivity contribution in [2.75, 3.05) is 6.61 Å². The minimum absolute atomic E-state index is 0.0836. The largest absolute Gasteiger partial charge is 0.373 e. The molecule has 1 fully saturated rings.